The third-order valence-corrected chi connectivity index (χ3v) is 4.00. The minimum atomic E-state index is -0.0760. The third-order valence-electron chi connectivity index (χ3n) is 4.00. The molecule has 5 heteroatoms. The largest absolute Gasteiger partial charge is 0.469 e. The first kappa shape index (κ1) is 15.0. The zero-order valence-electron chi connectivity index (χ0n) is 12.8. The standard InChI is InChI=1S/C15H25N3O2/c1-4-13-9-14(18(5-2)16-13)11-17-8-6-7-12(10-17)15(19)20-3/h9,12H,4-8,10-11H2,1-3H3. The van der Waals surface area contributed by atoms with E-state index >= 15 is 0 Å². The van der Waals surface area contributed by atoms with Gasteiger partial charge >= 0.3 is 5.97 Å². The number of ether oxygens (including phenoxy) is 1. The van der Waals surface area contributed by atoms with Crippen LogP contribution >= 0.6 is 0 Å². The molecular weight excluding hydrogens is 254 g/mol. The fourth-order valence-electron chi connectivity index (χ4n) is 2.88. The van der Waals surface area contributed by atoms with Gasteiger partial charge in [-0.1, -0.05) is 6.92 Å². The fourth-order valence-corrected chi connectivity index (χ4v) is 2.88. The van der Waals surface area contributed by atoms with Crippen molar-refractivity contribution in [3.63, 3.8) is 0 Å². The van der Waals surface area contributed by atoms with Crippen molar-refractivity contribution in [2.75, 3.05) is 20.2 Å². The van der Waals surface area contributed by atoms with Crippen LogP contribution in [0.3, 0.4) is 0 Å². The summed E-state index contributed by atoms with van der Waals surface area (Å²) in [4.78, 5) is 14.0. The molecule has 1 saturated heterocycles. The van der Waals surface area contributed by atoms with Crippen LogP contribution in [0.15, 0.2) is 6.07 Å². The number of aryl methyl sites for hydroxylation is 2. The summed E-state index contributed by atoms with van der Waals surface area (Å²) in [6.45, 7) is 7.84. The summed E-state index contributed by atoms with van der Waals surface area (Å²) >= 11 is 0. The predicted octanol–water partition coefficient (Wildman–Crippen LogP) is 1.85. The summed E-state index contributed by atoms with van der Waals surface area (Å²) in [6.07, 6.45) is 2.96. The highest BCUT2D eigenvalue weighted by atomic mass is 16.5. The van der Waals surface area contributed by atoms with Crippen LogP contribution in [-0.4, -0.2) is 40.8 Å². The number of nitrogens with zero attached hydrogens (tertiary/aromatic N) is 3. The Balaban J connectivity index is 2.02. The molecule has 0 bridgehead atoms. The Kier molecular flexibility index (Phi) is 5.17. The van der Waals surface area contributed by atoms with Gasteiger partial charge in [-0.2, -0.15) is 5.10 Å². The lowest BCUT2D eigenvalue weighted by molar-refractivity contribution is -0.147. The molecule has 1 aliphatic heterocycles. The molecule has 0 saturated carbocycles. The van der Waals surface area contributed by atoms with Crippen LogP contribution in [0.25, 0.3) is 0 Å². The molecule has 1 atom stereocenters. The third kappa shape index (κ3) is 3.39. The van der Waals surface area contributed by atoms with E-state index in [4.69, 9.17) is 4.74 Å². The van der Waals surface area contributed by atoms with Crippen molar-refractivity contribution in [2.24, 2.45) is 5.92 Å². The molecule has 2 heterocycles. The van der Waals surface area contributed by atoms with Gasteiger partial charge in [-0.25, -0.2) is 0 Å². The molecule has 1 aromatic heterocycles. The van der Waals surface area contributed by atoms with E-state index in [1.807, 2.05) is 0 Å². The van der Waals surface area contributed by atoms with E-state index in [9.17, 15) is 4.79 Å². The average molecular weight is 279 g/mol. The molecule has 2 rings (SSSR count). The Bertz CT molecular complexity index is 456. The van der Waals surface area contributed by atoms with Crippen molar-refractivity contribution < 1.29 is 9.53 Å². The van der Waals surface area contributed by atoms with Crippen molar-refractivity contribution in [3.05, 3.63) is 17.5 Å². The number of likely N-dealkylation sites (tertiary alicyclic amines) is 1. The SMILES string of the molecule is CCc1cc(CN2CCCC(C(=O)OC)C2)n(CC)n1. The predicted molar refractivity (Wildman–Crippen MR) is 77.3 cm³/mol. The molecular formula is C15H25N3O2. The second kappa shape index (κ2) is 6.88. The summed E-state index contributed by atoms with van der Waals surface area (Å²) < 4.78 is 6.94. The number of esters is 1. The fraction of sp³-hybridized carbons (Fsp3) is 0.733. The zero-order valence-corrected chi connectivity index (χ0v) is 12.8. The molecule has 0 spiro atoms. The molecule has 0 aliphatic carbocycles. The maximum absolute atomic E-state index is 11.7. The zero-order chi connectivity index (χ0) is 14.5. The van der Waals surface area contributed by atoms with Crippen molar-refractivity contribution >= 4 is 5.97 Å². The van der Waals surface area contributed by atoms with Gasteiger partial charge in [-0.05, 0) is 38.8 Å². The molecule has 1 fully saturated rings. The van der Waals surface area contributed by atoms with Gasteiger partial charge in [0.2, 0.25) is 0 Å². The van der Waals surface area contributed by atoms with Gasteiger partial charge in [0, 0.05) is 19.6 Å². The summed E-state index contributed by atoms with van der Waals surface area (Å²) in [7, 11) is 1.47. The van der Waals surface area contributed by atoms with E-state index in [2.05, 4.69) is 34.6 Å². The number of carbonyl (C=O) groups is 1. The summed E-state index contributed by atoms with van der Waals surface area (Å²) in [5.41, 5.74) is 2.39. The van der Waals surface area contributed by atoms with Crippen LogP contribution in [0.2, 0.25) is 0 Å². The molecule has 0 N–H and O–H groups in total. The van der Waals surface area contributed by atoms with Crippen molar-refractivity contribution in [2.45, 2.75) is 46.2 Å². The molecule has 112 valence electrons. The van der Waals surface area contributed by atoms with Gasteiger partial charge < -0.3 is 4.74 Å². The van der Waals surface area contributed by atoms with E-state index in [0.29, 0.717) is 0 Å². The minimum Gasteiger partial charge on any atom is -0.469 e. The molecule has 1 unspecified atom stereocenters. The monoisotopic (exact) mass is 279 g/mol. The summed E-state index contributed by atoms with van der Waals surface area (Å²) in [5, 5.41) is 4.58. The van der Waals surface area contributed by atoms with Gasteiger partial charge in [-0.3, -0.25) is 14.4 Å². The number of aromatic nitrogens is 2. The lowest BCUT2D eigenvalue weighted by Crippen LogP contribution is -2.39. The number of hydrogen-bond acceptors (Lipinski definition) is 4. The average Bonchev–Trinajstić information content (AvgIpc) is 2.88. The topological polar surface area (TPSA) is 47.4 Å². The second-order valence-corrected chi connectivity index (χ2v) is 5.39. The number of piperidine rings is 1. The van der Waals surface area contributed by atoms with Crippen LogP contribution < -0.4 is 0 Å². The van der Waals surface area contributed by atoms with Crippen molar-refractivity contribution in [1.82, 2.24) is 14.7 Å². The second-order valence-electron chi connectivity index (χ2n) is 5.39. The number of hydrogen-bond donors (Lipinski definition) is 0. The van der Waals surface area contributed by atoms with Crippen LogP contribution in [-0.2, 0) is 29.0 Å². The molecule has 1 aliphatic rings. The van der Waals surface area contributed by atoms with Gasteiger partial charge in [0.15, 0.2) is 0 Å². The Labute approximate surface area is 120 Å². The van der Waals surface area contributed by atoms with Gasteiger partial charge in [0.25, 0.3) is 0 Å². The first-order chi connectivity index (χ1) is 9.67. The maximum Gasteiger partial charge on any atom is 0.309 e. The Morgan fingerprint density at radius 2 is 2.30 bits per heavy atom. The molecule has 1 aromatic rings. The Hall–Kier alpha value is -1.36. The number of carbonyl (C=O) groups excluding carboxylic acids is 1. The normalized spacial score (nSPS) is 20.1. The molecule has 0 aromatic carbocycles. The minimum absolute atomic E-state index is 0.0254. The summed E-state index contributed by atoms with van der Waals surface area (Å²) in [6, 6.07) is 2.19. The highest BCUT2D eigenvalue weighted by Gasteiger charge is 2.26. The lowest BCUT2D eigenvalue weighted by atomic mass is 9.98. The Morgan fingerprint density at radius 3 is 2.95 bits per heavy atom. The quantitative estimate of drug-likeness (QED) is 0.772. The van der Waals surface area contributed by atoms with Crippen LogP contribution in [0.1, 0.15) is 38.1 Å². The van der Waals surface area contributed by atoms with E-state index in [0.717, 1.165) is 51.1 Å². The van der Waals surface area contributed by atoms with Crippen LogP contribution in [0.5, 0.6) is 0 Å². The smallest absolute Gasteiger partial charge is 0.309 e. The van der Waals surface area contributed by atoms with Gasteiger partial charge in [-0.15, -0.1) is 0 Å². The van der Waals surface area contributed by atoms with Gasteiger partial charge in [0.05, 0.1) is 24.4 Å². The molecule has 5 nitrogen and oxygen atoms in total. The number of rotatable bonds is 5. The first-order valence-corrected chi connectivity index (χ1v) is 7.53. The van der Waals surface area contributed by atoms with E-state index in [1.54, 1.807) is 0 Å². The van der Waals surface area contributed by atoms with Crippen LogP contribution in [0, 0.1) is 5.92 Å². The summed E-state index contributed by atoms with van der Waals surface area (Å²) in [5.74, 6) is -0.0506. The Morgan fingerprint density at radius 1 is 1.50 bits per heavy atom. The van der Waals surface area contributed by atoms with E-state index in [1.165, 1.54) is 12.8 Å². The molecule has 20 heavy (non-hydrogen) atoms. The highest BCUT2D eigenvalue weighted by Crippen LogP contribution is 2.20. The number of methoxy groups -OCH3 is 1. The van der Waals surface area contributed by atoms with Gasteiger partial charge in [0.1, 0.15) is 0 Å². The first-order valence-electron chi connectivity index (χ1n) is 7.53. The maximum atomic E-state index is 11.7. The van der Waals surface area contributed by atoms with Crippen molar-refractivity contribution in [3.8, 4) is 0 Å². The van der Waals surface area contributed by atoms with Crippen LogP contribution in [0.4, 0.5) is 0 Å². The highest BCUT2D eigenvalue weighted by molar-refractivity contribution is 5.72. The van der Waals surface area contributed by atoms with E-state index in [-0.39, 0.29) is 11.9 Å². The van der Waals surface area contributed by atoms with E-state index < -0.39 is 0 Å². The van der Waals surface area contributed by atoms with Crippen molar-refractivity contribution in [1.29, 1.82) is 0 Å². The molecule has 0 radical (unpaired) electrons. The lowest BCUT2D eigenvalue weighted by Gasteiger charge is -2.31. The molecule has 0 amide bonds.